The molecular weight excluding hydrogens is 290 g/mol. The number of carbonyl (C=O) groups excluding carboxylic acids is 1. The number of hydrogen-bond acceptors (Lipinski definition) is 4. The molecule has 1 fully saturated rings. The molecule has 0 aromatic carbocycles. The lowest BCUT2D eigenvalue weighted by Gasteiger charge is -2.35. The predicted molar refractivity (Wildman–Crippen MR) is 95.8 cm³/mol. The van der Waals surface area contributed by atoms with E-state index in [0.717, 1.165) is 32.4 Å². The van der Waals surface area contributed by atoms with E-state index in [0.29, 0.717) is 12.1 Å². The van der Waals surface area contributed by atoms with E-state index >= 15 is 0 Å². The molecule has 0 aromatic heterocycles. The van der Waals surface area contributed by atoms with E-state index in [-0.39, 0.29) is 11.6 Å². The number of ether oxygens (including phenoxy) is 1. The Bertz CT molecular complexity index is 356. The van der Waals surface area contributed by atoms with E-state index in [1.807, 2.05) is 20.8 Å². The number of rotatable bonds is 8. The van der Waals surface area contributed by atoms with E-state index in [1.165, 1.54) is 12.8 Å². The molecule has 1 aliphatic rings. The minimum atomic E-state index is -0.466. The van der Waals surface area contributed by atoms with Gasteiger partial charge in [-0.3, -0.25) is 0 Å². The Labute approximate surface area is 142 Å². The van der Waals surface area contributed by atoms with E-state index < -0.39 is 5.60 Å². The molecule has 1 amide bonds. The van der Waals surface area contributed by atoms with Gasteiger partial charge in [-0.05, 0) is 66.3 Å². The first kappa shape index (κ1) is 20.2. The van der Waals surface area contributed by atoms with Crippen molar-refractivity contribution in [3.63, 3.8) is 0 Å². The molecule has 3 N–H and O–H groups in total. The van der Waals surface area contributed by atoms with Gasteiger partial charge in [-0.15, -0.1) is 0 Å². The lowest BCUT2D eigenvalue weighted by molar-refractivity contribution is 0.0444. The van der Waals surface area contributed by atoms with E-state index in [9.17, 15) is 4.79 Å². The Hall–Kier alpha value is -0.810. The molecule has 5 nitrogen and oxygen atoms in total. The molecule has 23 heavy (non-hydrogen) atoms. The van der Waals surface area contributed by atoms with Gasteiger partial charge < -0.3 is 20.7 Å². The third kappa shape index (κ3) is 7.53. The van der Waals surface area contributed by atoms with Gasteiger partial charge in [-0.25, -0.2) is 4.79 Å². The minimum Gasteiger partial charge on any atom is -0.444 e. The van der Waals surface area contributed by atoms with Crippen LogP contribution >= 0.6 is 0 Å². The first-order chi connectivity index (χ1) is 10.7. The average molecular weight is 328 g/mol. The van der Waals surface area contributed by atoms with Gasteiger partial charge in [0.2, 0.25) is 0 Å². The summed E-state index contributed by atoms with van der Waals surface area (Å²) in [6.07, 6.45) is 5.12. The normalized spacial score (nSPS) is 20.3. The topological polar surface area (TPSA) is 62.4 Å². The molecule has 1 heterocycles. The Morgan fingerprint density at radius 2 is 1.96 bits per heavy atom. The fourth-order valence-corrected chi connectivity index (χ4v) is 3.08. The van der Waals surface area contributed by atoms with Crippen LogP contribution in [0, 0.1) is 0 Å². The monoisotopic (exact) mass is 327 g/mol. The van der Waals surface area contributed by atoms with E-state index in [2.05, 4.69) is 36.7 Å². The molecule has 0 saturated carbocycles. The summed E-state index contributed by atoms with van der Waals surface area (Å²) < 4.78 is 5.42. The number of nitrogens with one attached hydrogen (secondary N) is 3. The van der Waals surface area contributed by atoms with Crippen molar-refractivity contribution in [2.45, 2.75) is 96.9 Å². The van der Waals surface area contributed by atoms with Crippen LogP contribution < -0.4 is 16.0 Å². The lowest BCUT2D eigenvalue weighted by Crippen LogP contribution is -2.56. The fourth-order valence-electron chi connectivity index (χ4n) is 3.08. The summed E-state index contributed by atoms with van der Waals surface area (Å²) in [7, 11) is 0. The molecule has 1 saturated heterocycles. The van der Waals surface area contributed by atoms with Crippen LogP contribution in [0.2, 0.25) is 0 Å². The van der Waals surface area contributed by atoms with Gasteiger partial charge in [0.15, 0.2) is 0 Å². The van der Waals surface area contributed by atoms with Crippen molar-refractivity contribution in [3.8, 4) is 0 Å². The zero-order chi connectivity index (χ0) is 17.5. The zero-order valence-corrected chi connectivity index (χ0v) is 15.9. The highest BCUT2D eigenvalue weighted by atomic mass is 16.6. The maximum absolute atomic E-state index is 12.1. The summed E-state index contributed by atoms with van der Waals surface area (Å²) in [4.78, 5) is 12.1. The van der Waals surface area contributed by atoms with Crippen LogP contribution in [0.4, 0.5) is 4.79 Å². The molecule has 5 heteroatoms. The minimum absolute atomic E-state index is 0.250. The third-order valence-electron chi connectivity index (χ3n) is 4.71. The second-order valence-electron chi connectivity index (χ2n) is 7.93. The van der Waals surface area contributed by atoms with Crippen molar-refractivity contribution in [1.29, 1.82) is 0 Å². The molecule has 2 unspecified atom stereocenters. The van der Waals surface area contributed by atoms with Gasteiger partial charge in [0.1, 0.15) is 5.60 Å². The maximum atomic E-state index is 12.1. The van der Waals surface area contributed by atoms with Crippen molar-refractivity contribution in [2.75, 3.05) is 13.1 Å². The molecule has 0 radical (unpaired) electrons. The fraction of sp³-hybridized carbons (Fsp3) is 0.944. The van der Waals surface area contributed by atoms with Crippen LogP contribution in [0.3, 0.4) is 0 Å². The molecule has 2 atom stereocenters. The summed E-state index contributed by atoms with van der Waals surface area (Å²) >= 11 is 0. The first-order valence-electron chi connectivity index (χ1n) is 9.17. The van der Waals surface area contributed by atoms with Gasteiger partial charge in [-0.2, -0.15) is 0 Å². The highest BCUT2D eigenvalue weighted by molar-refractivity contribution is 5.68. The second-order valence-corrected chi connectivity index (χ2v) is 7.93. The highest BCUT2D eigenvalue weighted by Crippen LogP contribution is 2.17. The summed E-state index contributed by atoms with van der Waals surface area (Å²) in [6, 6.07) is 1.07. The Morgan fingerprint density at radius 1 is 1.30 bits per heavy atom. The van der Waals surface area contributed by atoms with Crippen molar-refractivity contribution >= 4 is 6.09 Å². The van der Waals surface area contributed by atoms with E-state index in [4.69, 9.17) is 4.74 Å². The number of carbonyl (C=O) groups is 1. The number of amides is 1. The van der Waals surface area contributed by atoms with Crippen LogP contribution in [-0.4, -0.2) is 42.4 Å². The molecule has 0 aliphatic carbocycles. The average Bonchev–Trinajstić information content (AvgIpc) is 2.94. The van der Waals surface area contributed by atoms with Crippen molar-refractivity contribution in [2.24, 2.45) is 0 Å². The largest absolute Gasteiger partial charge is 0.444 e. The molecule has 1 rings (SSSR count). The van der Waals surface area contributed by atoms with Gasteiger partial charge >= 0.3 is 6.09 Å². The molecule has 0 aromatic rings. The van der Waals surface area contributed by atoms with Gasteiger partial charge in [0, 0.05) is 18.6 Å². The third-order valence-corrected chi connectivity index (χ3v) is 4.71. The van der Waals surface area contributed by atoms with Crippen LogP contribution in [-0.2, 0) is 4.74 Å². The summed E-state index contributed by atoms with van der Waals surface area (Å²) in [5, 5.41) is 10.2. The molecule has 0 spiro atoms. The van der Waals surface area contributed by atoms with Crippen molar-refractivity contribution in [3.05, 3.63) is 0 Å². The number of alkyl carbamates (subject to hydrolysis) is 1. The van der Waals surface area contributed by atoms with Gasteiger partial charge in [0.25, 0.3) is 0 Å². The molecule has 0 bridgehead atoms. The first-order valence-corrected chi connectivity index (χ1v) is 9.17. The Balaban J connectivity index is 2.49. The lowest BCUT2D eigenvalue weighted by atomic mass is 9.92. The van der Waals surface area contributed by atoms with Crippen LogP contribution in [0.5, 0.6) is 0 Å². The van der Waals surface area contributed by atoms with E-state index in [1.54, 1.807) is 0 Å². The molecule has 1 aliphatic heterocycles. The quantitative estimate of drug-likeness (QED) is 0.641. The van der Waals surface area contributed by atoms with Crippen molar-refractivity contribution < 1.29 is 9.53 Å². The Morgan fingerprint density at radius 3 is 2.43 bits per heavy atom. The Kier molecular flexibility index (Phi) is 7.81. The summed E-state index contributed by atoms with van der Waals surface area (Å²) in [5.74, 6) is 0. The van der Waals surface area contributed by atoms with Crippen molar-refractivity contribution in [1.82, 2.24) is 16.0 Å². The predicted octanol–water partition coefficient (Wildman–Crippen LogP) is 3.19. The number of hydrogen-bond donors (Lipinski definition) is 3. The smallest absolute Gasteiger partial charge is 0.408 e. The zero-order valence-electron chi connectivity index (χ0n) is 15.9. The highest BCUT2D eigenvalue weighted by Gasteiger charge is 2.31. The standard InChI is InChI=1S/C18H37N3O2/c1-7-18(8-2,21-16(22)23-17(4,5)6)13-20-14(3)12-15-10-9-11-19-15/h14-15,19-20H,7-13H2,1-6H3,(H,21,22). The second kappa shape index (κ2) is 8.88. The maximum Gasteiger partial charge on any atom is 0.408 e. The van der Waals surface area contributed by atoms with Gasteiger partial charge in [-0.1, -0.05) is 13.8 Å². The van der Waals surface area contributed by atoms with Crippen LogP contribution in [0.15, 0.2) is 0 Å². The molecule has 136 valence electrons. The van der Waals surface area contributed by atoms with Crippen LogP contribution in [0.25, 0.3) is 0 Å². The van der Waals surface area contributed by atoms with Gasteiger partial charge in [0.05, 0.1) is 5.54 Å². The van der Waals surface area contributed by atoms with Crippen LogP contribution in [0.1, 0.15) is 73.6 Å². The SMILES string of the molecule is CCC(CC)(CNC(C)CC1CCCN1)NC(=O)OC(C)(C)C. The molecular formula is C18H37N3O2. The summed E-state index contributed by atoms with van der Waals surface area (Å²) in [6.45, 7) is 14.0. The summed E-state index contributed by atoms with van der Waals surface area (Å²) in [5.41, 5.74) is -0.716.